The van der Waals surface area contributed by atoms with Gasteiger partial charge in [0.05, 0.1) is 0 Å². The molecule has 1 aromatic carbocycles. The Balaban J connectivity index is 2.86. The molecule has 0 fully saturated rings. The Morgan fingerprint density at radius 3 is 1.82 bits per heavy atom. The van der Waals surface area contributed by atoms with E-state index in [0.29, 0.717) is 4.47 Å². The van der Waals surface area contributed by atoms with E-state index in [4.69, 9.17) is 0 Å². The number of alkyl halides is 11. The molecule has 1 N–H and O–H groups in total. The second kappa shape index (κ2) is 10.6. The van der Waals surface area contributed by atoms with Gasteiger partial charge in [0.1, 0.15) is 0 Å². The molecule has 0 saturated carbocycles. The molecule has 0 saturated heterocycles. The number of carbonyl (C=O) groups is 1. The lowest BCUT2D eigenvalue weighted by molar-refractivity contribution is -0.402. The molecule has 0 bridgehead atoms. The van der Waals surface area contributed by atoms with Gasteiger partial charge in [-0.1, -0.05) is 15.9 Å². The zero-order chi connectivity index (χ0) is 25.9. The van der Waals surface area contributed by atoms with Gasteiger partial charge in [0.25, 0.3) is 11.6 Å². The Kier molecular flexibility index (Phi) is 9.64. The highest BCUT2D eigenvalue weighted by atomic mass is 127. The monoisotopic (exact) mass is 675 g/mol. The first kappa shape index (κ1) is 29.9. The second-order valence-electron chi connectivity index (χ2n) is 6.67. The van der Waals surface area contributed by atoms with Crippen molar-refractivity contribution in [3.05, 3.63) is 44.0 Å². The van der Waals surface area contributed by atoms with Crippen LogP contribution in [0.5, 0.6) is 0 Å². The molecular formula is C18H14BrF11INO. The van der Waals surface area contributed by atoms with Crippen LogP contribution in [0, 0.1) is 0 Å². The van der Waals surface area contributed by atoms with E-state index < -0.39 is 51.9 Å². The molecule has 0 aliphatic rings. The zero-order valence-electron chi connectivity index (χ0n) is 16.0. The van der Waals surface area contributed by atoms with Crippen molar-refractivity contribution in [2.45, 2.75) is 49.1 Å². The van der Waals surface area contributed by atoms with Gasteiger partial charge in [0, 0.05) is 16.6 Å². The number of hydrogen-bond donors (Lipinski definition) is 1. The second-order valence-corrected chi connectivity index (χ2v) is 8.97. The summed E-state index contributed by atoms with van der Waals surface area (Å²) in [6, 6.07) is 6.15. The number of carbonyl (C=O) groups excluding carboxylic acids is 1. The van der Waals surface area contributed by atoms with E-state index in [2.05, 4.69) is 21.2 Å². The third-order valence-electron chi connectivity index (χ3n) is 4.21. The van der Waals surface area contributed by atoms with Gasteiger partial charge in [-0.2, -0.15) is 43.9 Å². The van der Waals surface area contributed by atoms with Crippen molar-refractivity contribution >= 4 is 44.4 Å². The third-order valence-corrected chi connectivity index (χ3v) is 5.59. The Hall–Kier alpha value is -1.13. The van der Waals surface area contributed by atoms with E-state index in [0.717, 1.165) is 22.6 Å². The van der Waals surface area contributed by atoms with Crippen LogP contribution in [0.4, 0.5) is 48.3 Å². The molecule has 0 aromatic heterocycles. The maximum atomic E-state index is 14.3. The maximum Gasteiger partial charge on any atom is 0.460 e. The zero-order valence-corrected chi connectivity index (χ0v) is 19.8. The summed E-state index contributed by atoms with van der Waals surface area (Å²) in [6.07, 6.45) is -15.5. The Labute approximate surface area is 202 Å². The first-order valence-corrected chi connectivity index (χ1v) is 10.6. The predicted molar refractivity (Wildman–Crippen MR) is 108 cm³/mol. The standard InChI is InChI=1S/C18H14BrF11INO/c19-11-6-4-10(5-7-11)13(33)32-8-2-1-3-12(31)9-14(20,17(25,26)27)15(21,22)16(23,24)18(28,29)30/h4-7,9H,1-3,8H2,(H,32,33). The minimum atomic E-state index is -7.30. The highest BCUT2D eigenvalue weighted by Gasteiger charge is 2.85. The summed E-state index contributed by atoms with van der Waals surface area (Å²) >= 11 is 4.11. The predicted octanol–water partition coefficient (Wildman–Crippen LogP) is 7.77. The van der Waals surface area contributed by atoms with Crippen LogP contribution in [0.25, 0.3) is 0 Å². The fraction of sp³-hybridized carbons (Fsp3) is 0.500. The van der Waals surface area contributed by atoms with Crippen molar-refractivity contribution in [3.8, 4) is 0 Å². The normalized spacial score (nSPS) is 15.8. The number of amides is 1. The molecule has 188 valence electrons. The van der Waals surface area contributed by atoms with Gasteiger partial charge in [-0.05, 0) is 75.8 Å². The summed E-state index contributed by atoms with van der Waals surface area (Å²) in [7, 11) is 0. The highest BCUT2D eigenvalue weighted by Crippen LogP contribution is 2.58. The lowest BCUT2D eigenvalue weighted by atomic mass is 9.90. The van der Waals surface area contributed by atoms with E-state index in [1.54, 1.807) is 12.1 Å². The van der Waals surface area contributed by atoms with Crippen molar-refractivity contribution in [3.63, 3.8) is 0 Å². The number of hydrogen-bond acceptors (Lipinski definition) is 1. The highest BCUT2D eigenvalue weighted by molar-refractivity contribution is 14.1. The molecule has 1 amide bonds. The van der Waals surface area contributed by atoms with Crippen molar-refractivity contribution in [1.29, 1.82) is 0 Å². The topological polar surface area (TPSA) is 29.1 Å². The first-order valence-electron chi connectivity index (χ1n) is 8.77. The number of halogens is 13. The molecule has 0 aliphatic heterocycles. The lowest BCUT2D eigenvalue weighted by Gasteiger charge is -2.37. The molecule has 0 radical (unpaired) electrons. The van der Waals surface area contributed by atoms with Crippen molar-refractivity contribution in [2.75, 3.05) is 6.54 Å². The molecule has 0 heterocycles. The Bertz CT molecular complexity index is 852. The van der Waals surface area contributed by atoms with E-state index in [1.165, 1.54) is 12.1 Å². The summed E-state index contributed by atoms with van der Waals surface area (Å²) in [4.78, 5) is 11.9. The third kappa shape index (κ3) is 6.72. The fourth-order valence-electron chi connectivity index (χ4n) is 2.37. The average molecular weight is 676 g/mol. The van der Waals surface area contributed by atoms with Crippen molar-refractivity contribution in [1.82, 2.24) is 5.32 Å². The summed E-state index contributed by atoms with van der Waals surface area (Å²) in [5.74, 6) is -15.0. The number of nitrogens with one attached hydrogen (secondary N) is 1. The minimum absolute atomic E-state index is 0.0266. The number of rotatable bonds is 9. The number of allylic oxidation sites excluding steroid dienone is 2. The summed E-state index contributed by atoms with van der Waals surface area (Å²) < 4.78 is 143. The minimum Gasteiger partial charge on any atom is -0.352 e. The van der Waals surface area contributed by atoms with Gasteiger partial charge < -0.3 is 5.32 Å². The smallest absolute Gasteiger partial charge is 0.352 e. The van der Waals surface area contributed by atoms with Crippen LogP contribution in [0.2, 0.25) is 0 Å². The quantitative estimate of drug-likeness (QED) is 0.162. The van der Waals surface area contributed by atoms with E-state index >= 15 is 0 Å². The molecular weight excluding hydrogens is 662 g/mol. The van der Waals surface area contributed by atoms with E-state index in [-0.39, 0.29) is 24.9 Å². The van der Waals surface area contributed by atoms with Gasteiger partial charge in [-0.3, -0.25) is 4.79 Å². The van der Waals surface area contributed by atoms with E-state index in [9.17, 15) is 53.1 Å². The molecule has 0 aliphatic carbocycles. The Morgan fingerprint density at radius 1 is 0.848 bits per heavy atom. The van der Waals surface area contributed by atoms with Crippen LogP contribution in [-0.2, 0) is 0 Å². The van der Waals surface area contributed by atoms with Crippen molar-refractivity contribution in [2.24, 2.45) is 0 Å². The number of benzene rings is 1. The lowest BCUT2D eigenvalue weighted by Crippen LogP contribution is -2.66. The number of unbranched alkanes of at least 4 members (excludes halogenated alkanes) is 1. The average Bonchev–Trinajstić information content (AvgIpc) is 2.65. The van der Waals surface area contributed by atoms with Gasteiger partial charge in [0.2, 0.25) is 0 Å². The molecule has 1 rings (SSSR count). The summed E-state index contributed by atoms with van der Waals surface area (Å²) in [5.41, 5.74) is -6.00. The van der Waals surface area contributed by atoms with Gasteiger partial charge in [-0.15, -0.1) is 0 Å². The molecule has 1 atom stereocenters. The molecule has 1 aromatic rings. The van der Waals surface area contributed by atoms with Gasteiger partial charge in [0.15, 0.2) is 0 Å². The van der Waals surface area contributed by atoms with Gasteiger partial charge in [-0.25, -0.2) is 4.39 Å². The van der Waals surface area contributed by atoms with Crippen LogP contribution in [0.15, 0.2) is 38.4 Å². The van der Waals surface area contributed by atoms with Crippen molar-refractivity contribution < 1.29 is 53.1 Å². The maximum absolute atomic E-state index is 14.3. The summed E-state index contributed by atoms with van der Waals surface area (Å²) in [5, 5.41) is 2.45. The van der Waals surface area contributed by atoms with Crippen LogP contribution in [0.3, 0.4) is 0 Å². The van der Waals surface area contributed by atoms with Crippen LogP contribution in [-0.4, -0.2) is 42.3 Å². The Morgan fingerprint density at radius 2 is 1.36 bits per heavy atom. The molecule has 33 heavy (non-hydrogen) atoms. The van der Waals surface area contributed by atoms with Crippen LogP contribution < -0.4 is 5.32 Å². The molecule has 15 heteroatoms. The van der Waals surface area contributed by atoms with Gasteiger partial charge >= 0.3 is 24.2 Å². The largest absolute Gasteiger partial charge is 0.460 e. The van der Waals surface area contributed by atoms with Crippen LogP contribution in [0.1, 0.15) is 29.6 Å². The molecule has 1 unspecified atom stereocenters. The van der Waals surface area contributed by atoms with Crippen LogP contribution >= 0.6 is 38.5 Å². The molecule has 0 spiro atoms. The fourth-order valence-corrected chi connectivity index (χ4v) is 3.44. The summed E-state index contributed by atoms with van der Waals surface area (Å²) in [6.45, 7) is -0.0266. The molecule has 2 nitrogen and oxygen atoms in total. The first-order chi connectivity index (χ1) is 14.8. The SMILES string of the molecule is O=C(NCCCCC(I)=CC(F)(C(F)(F)F)C(F)(F)C(F)(F)C(F)(F)F)c1ccc(Br)cc1. The van der Waals surface area contributed by atoms with E-state index in [1.807, 2.05) is 0 Å².